The zero-order chi connectivity index (χ0) is 9.99. The first-order chi connectivity index (χ1) is 5.12. The lowest BCUT2D eigenvalue weighted by atomic mass is 10.0. The van der Waals surface area contributed by atoms with Gasteiger partial charge in [-0.05, 0) is 23.4 Å². The molecule has 0 fully saturated rings. The van der Waals surface area contributed by atoms with Crippen LogP contribution in [0.25, 0.3) is 0 Å². The van der Waals surface area contributed by atoms with E-state index in [1.807, 2.05) is 0 Å². The van der Waals surface area contributed by atoms with Crippen LogP contribution in [0.2, 0.25) is 12.1 Å². The summed E-state index contributed by atoms with van der Waals surface area (Å²) in [6.45, 7) is 8.98. The quantitative estimate of drug-likeness (QED) is 0.488. The van der Waals surface area contributed by atoms with Crippen LogP contribution in [0.3, 0.4) is 0 Å². The monoisotopic (exact) mass is 226 g/mol. The van der Waals surface area contributed by atoms with Crippen molar-refractivity contribution in [2.75, 3.05) is 0 Å². The lowest BCUT2D eigenvalue weighted by Gasteiger charge is -2.27. The van der Waals surface area contributed by atoms with Gasteiger partial charge in [-0.3, -0.25) is 0 Å². The van der Waals surface area contributed by atoms with Gasteiger partial charge in [0.25, 0.3) is 6.69 Å². The Morgan fingerprint density at radius 1 is 1.17 bits per heavy atom. The Hall–Kier alpha value is 0.797. The molecule has 3 heteroatoms. The summed E-state index contributed by atoms with van der Waals surface area (Å²) in [6.07, 6.45) is 0. The van der Waals surface area contributed by atoms with Crippen LogP contribution in [-0.4, -0.2) is 6.69 Å². The molecule has 0 saturated carbocycles. The summed E-state index contributed by atoms with van der Waals surface area (Å²) in [6, 6.07) is 1.99. The second-order valence-corrected chi connectivity index (χ2v) is 12.6. The van der Waals surface area contributed by atoms with Crippen molar-refractivity contribution in [2.24, 2.45) is 11.3 Å². The first-order valence-electron chi connectivity index (χ1n) is 4.50. The molecule has 0 aliphatic rings. The topological polar surface area (TPSA) is 0 Å². The van der Waals surface area contributed by atoms with Gasteiger partial charge in [-0.25, -0.2) is 0 Å². The molecule has 0 N–H and O–H groups in total. The van der Waals surface area contributed by atoms with Gasteiger partial charge in [0.15, 0.2) is 0 Å². The molecule has 12 heavy (non-hydrogen) atoms. The summed E-state index contributed by atoms with van der Waals surface area (Å²) >= 11 is 12.6. The van der Waals surface area contributed by atoms with E-state index in [1.165, 1.54) is 0 Å². The molecule has 0 aromatic heterocycles. The molecule has 0 nitrogen and oxygen atoms in total. The minimum Gasteiger partial charge on any atom is -0.146 e. The van der Waals surface area contributed by atoms with Gasteiger partial charge in [0.2, 0.25) is 0 Å². The van der Waals surface area contributed by atoms with Crippen molar-refractivity contribution in [1.82, 2.24) is 0 Å². The van der Waals surface area contributed by atoms with Crippen molar-refractivity contribution in [2.45, 2.75) is 46.7 Å². The molecule has 0 unspecified atom stereocenters. The van der Waals surface area contributed by atoms with E-state index in [0.29, 0.717) is 5.92 Å². The fourth-order valence-corrected chi connectivity index (χ4v) is 8.59. The first kappa shape index (κ1) is 12.8. The molecule has 0 aliphatic heterocycles. The Morgan fingerprint density at radius 3 is 1.83 bits per heavy atom. The van der Waals surface area contributed by atoms with Gasteiger partial charge in [-0.15, -0.1) is 22.2 Å². The van der Waals surface area contributed by atoms with Crippen LogP contribution in [-0.2, 0) is 0 Å². The minimum atomic E-state index is -1.96. The first-order valence-corrected chi connectivity index (χ1v) is 8.94. The van der Waals surface area contributed by atoms with E-state index < -0.39 is 6.69 Å². The third-order valence-corrected chi connectivity index (χ3v) is 6.22. The van der Waals surface area contributed by atoms with Crippen LogP contribution in [0, 0.1) is 11.3 Å². The number of hydrogen-bond donors (Lipinski definition) is 0. The maximum Gasteiger partial charge on any atom is 0.252 e. The summed E-state index contributed by atoms with van der Waals surface area (Å²) in [5.41, 5.74) is 0.268. The highest BCUT2D eigenvalue weighted by Crippen LogP contribution is 2.37. The van der Waals surface area contributed by atoms with E-state index in [-0.39, 0.29) is 5.41 Å². The molecule has 0 bridgehead atoms. The van der Waals surface area contributed by atoms with Crippen LogP contribution in [0.1, 0.15) is 34.6 Å². The molecular formula is C9H20Cl2Si. The van der Waals surface area contributed by atoms with Crippen LogP contribution >= 0.6 is 22.2 Å². The predicted octanol–water partition coefficient (Wildman–Crippen LogP) is 4.61. The Balaban J connectivity index is 4.04. The largest absolute Gasteiger partial charge is 0.252 e. The molecule has 0 rings (SSSR count). The fourth-order valence-electron chi connectivity index (χ4n) is 1.45. The van der Waals surface area contributed by atoms with Crippen molar-refractivity contribution in [3.8, 4) is 0 Å². The summed E-state index contributed by atoms with van der Waals surface area (Å²) < 4.78 is 0. The Kier molecular flexibility index (Phi) is 4.63. The highest BCUT2D eigenvalue weighted by molar-refractivity contribution is 7.45. The maximum atomic E-state index is 6.32. The van der Waals surface area contributed by atoms with Crippen LogP contribution in [0.4, 0.5) is 0 Å². The molecule has 0 saturated heterocycles. The SMILES string of the molecule is CC(C)C[Si](Cl)(Cl)CC(C)(C)C. The molecule has 0 radical (unpaired) electrons. The third-order valence-electron chi connectivity index (χ3n) is 1.50. The van der Waals surface area contributed by atoms with E-state index in [1.54, 1.807) is 0 Å². The molecular weight excluding hydrogens is 207 g/mol. The van der Waals surface area contributed by atoms with Gasteiger partial charge in [0.05, 0.1) is 0 Å². The second-order valence-electron chi connectivity index (χ2n) is 5.19. The van der Waals surface area contributed by atoms with Gasteiger partial charge in [0.1, 0.15) is 0 Å². The van der Waals surface area contributed by atoms with Gasteiger partial charge in [0, 0.05) is 0 Å². The standard InChI is InChI=1S/C9H20Cl2Si/c1-8(2)6-12(10,11)7-9(3,4)5/h8H,6-7H2,1-5H3. The average molecular weight is 227 g/mol. The lowest BCUT2D eigenvalue weighted by Crippen LogP contribution is -2.27. The van der Waals surface area contributed by atoms with Crippen molar-refractivity contribution in [3.63, 3.8) is 0 Å². The summed E-state index contributed by atoms with van der Waals surface area (Å²) in [5.74, 6) is 0.619. The highest BCUT2D eigenvalue weighted by atomic mass is 35.7. The molecule has 0 aromatic carbocycles. The second kappa shape index (κ2) is 4.34. The van der Waals surface area contributed by atoms with E-state index in [4.69, 9.17) is 22.2 Å². The van der Waals surface area contributed by atoms with E-state index >= 15 is 0 Å². The number of hydrogen-bond acceptors (Lipinski definition) is 0. The lowest BCUT2D eigenvalue weighted by molar-refractivity contribution is 0.463. The number of rotatable bonds is 3. The summed E-state index contributed by atoms with van der Waals surface area (Å²) in [7, 11) is 0. The summed E-state index contributed by atoms with van der Waals surface area (Å²) in [5, 5.41) is 0. The zero-order valence-corrected chi connectivity index (χ0v) is 11.3. The van der Waals surface area contributed by atoms with Crippen molar-refractivity contribution < 1.29 is 0 Å². The van der Waals surface area contributed by atoms with E-state index in [2.05, 4.69) is 34.6 Å². The highest BCUT2D eigenvalue weighted by Gasteiger charge is 2.34. The van der Waals surface area contributed by atoms with Crippen LogP contribution in [0.15, 0.2) is 0 Å². The molecule has 74 valence electrons. The fraction of sp³-hybridized carbons (Fsp3) is 1.00. The van der Waals surface area contributed by atoms with Gasteiger partial charge in [-0.2, -0.15) is 0 Å². The zero-order valence-electron chi connectivity index (χ0n) is 8.75. The average Bonchev–Trinajstić information content (AvgIpc) is 1.48. The summed E-state index contributed by atoms with van der Waals surface area (Å²) in [4.78, 5) is 0. The molecule has 0 aromatic rings. The third kappa shape index (κ3) is 7.45. The smallest absolute Gasteiger partial charge is 0.146 e. The molecule has 0 atom stereocenters. The van der Waals surface area contributed by atoms with Crippen molar-refractivity contribution in [3.05, 3.63) is 0 Å². The normalized spacial score (nSPS) is 14.0. The molecule has 0 aliphatic carbocycles. The minimum absolute atomic E-state index is 0.268. The number of halogens is 2. The van der Waals surface area contributed by atoms with Gasteiger partial charge < -0.3 is 0 Å². The molecule has 0 amide bonds. The van der Waals surface area contributed by atoms with Crippen LogP contribution < -0.4 is 0 Å². The van der Waals surface area contributed by atoms with E-state index in [0.717, 1.165) is 12.1 Å². The van der Waals surface area contributed by atoms with Gasteiger partial charge in [-0.1, -0.05) is 34.6 Å². The Bertz CT molecular complexity index is 136. The van der Waals surface area contributed by atoms with E-state index in [9.17, 15) is 0 Å². The maximum absolute atomic E-state index is 6.32. The van der Waals surface area contributed by atoms with Crippen LogP contribution in [0.5, 0.6) is 0 Å². The van der Waals surface area contributed by atoms with Crippen molar-refractivity contribution >= 4 is 28.9 Å². The van der Waals surface area contributed by atoms with Gasteiger partial charge >= 0.3 is 0 Å². The Morgan fingerprint density at radius 2 is 1.58 bits per heavy atom. The Labute approximate surface area is 87.1 Å². The van der Waals surface area contributed by atoms with Crippen molar-refractivity contribution in [1.29, 1.82) is 0 Å². The predicted molar refractivity (Wildman–Crippen MR) is 61.4 cm³/mol. The molecule has 0 heterocycles. The molecule has 0 spiro atoms.